The van der Waals surface area contributed by atoms with Gasteiger partial charge in [-0.2, -0.15) is 0 Å². The Labute approximate surface area is 248 Å². The Hall–Kier alpha value is -1.58. The summed E-state index contributed by atoms with van der Waals surface area (Å²) in [6.45, 7) is 2.27. The quantitative estimate of drug-likeness (QED) is 0.0631. The van der Waals surface area contributed by atoms with E-state index in [1.165, 1.54) is 103 Å². The first-order valence-electron chi connectivity index (χ1n) is 17.3. The summed E-state index contributed by atoms with van der Waals surface area (Å²) >= 11 is 0. The summed E-state index contributed by atoms with van der Waals surface area (Å²) in [5.41, 5.74) is 0. The van der Waals surface area contributed by atoms with Crippen LogP contribution in [0.15, 0.2) is 24.3 Å². The van der Waals surface area contributed by atoms with Crippen LogP contribution < -0.4 is 0 Å². The van der Waals surface area contributed by atoms with Crippen molar-refractivity contribution in [2.75, 3.05) is 0 Å². The van der Waals surface area contributed by atoms with Gasteiger partial charge in [-0.3, -0.25) is 9.59 Å². The molecule has 2 N–H and O–H groups in total. The lowest BCUT2D eigenvalue weighted by molar-refractivity contribution is -0.142. The minimum atomic E-state index is -0.682. The van der Waals surface area contributed by atoms with E-state index in [2.05, 4.69) is 31.2 Å². The van der Waals surface area contributed by atoms with Crippen LogP contribution in [0.1, 0.15) is 187 Å². The number of hydrogen-bond donors (Lipinski definition) is 2. The lowest BCUT2D eigenvalue weighted by Crippen LogP contribution is -2.13. The Balaban J connectivity index is 3.49. The molecule has 0 aromatic rings. The highest BCUT2D eigenvalue weighted by Gasteiger charge is 2.16. The van der Waals surface area contributed by atoms with Gasteiger partial charge in [0.2, 0.25) is 0 Å². The van der Waals surface area contributed by atoms with Crippen molar-refractivity contribution in [2.45, 2.75) is 187 Å². The van der Waals surface area contributed by atoms with Gasteiger partial charge in [-0.15, -0.1) is 0 Å². The van der Waals surface area contributed by atoms with Crippen LogP contribution in [-0.2, 0) is 9.59 Å². The number of aliphatic carboxylic acids is 2. The second-order valence-corrected chi connectivity index (χ2v) is 11.9. The van der Waals surface area contributed by atoms with Crippen molar-refractivity contribution in [1.82, 2.24) is 0 Å². The topological polar surface area (TPSA) is 74.6 Å². The molecular weight excluding hydrogens is 496 g/mol. The van der Waals surface area contributed by atoms with Gasteiger partial charge in [-0.05, 0) is 70.6 Å². The number of rotatable bonds is 32. The Bertz CT molecular complexity index is 610. The van der Waals surface area contributed by atoms with E-state index in [-0.39, 0.29) is 5.92 Å². The van der Waals surface area contributed by atoms with E-state index in [0.717, 1.165) is 70.6 Å². The zero-order valence-corrected chi connectivity index (χ0v) is 26.4. The summed E-state index contributed by atoms with van der Waals surface area (Å²) in [5.74, 6) is -1.42. The molecule has 0 aliphatic heterocycles. The molecule has 0 radical (unpaired) electrons. The van der Waals surface area contributed by atoms with E-state index >= 15 is 0 Å². The Kier molecular flexibility index (Phi) is 30.7. The third kappa shape index (κ3) is 31.0. The van der Waals surface area contributed by atoms with E-state index < -0.39 is 11.9 Å². The summed E-state index contributed by atoms with van der Waals surface area (Å²) in [4.78, 5) is 22.1. The van der Waals surface area contributed by atoms with Crippen LogP contribution in [-0.4, -0.2) is 22.2 Å². The molecule has 1 atom stereocenters. The molecule has 0 bridgehead atoms. The normalized spacial score (nSPS) is 12.5. The Morgan fingerprint density at radius 2 is 0.800 bits per heavy atom. The van der Waals surface area contributed by atoms with Crippen molar-refractivity contribution < 1.29 is 19.8 Å². The molecule has 0 spiro atoms. The number of unbranched alkanes of at least 4 members (excludes halogenated alkanes) is 21. The summed E-state index contributed by atoms with van der Waals surface area (Å²) in [6.07, 6.45) is 41.5. The van der Waals surface area contributed by atoms with Gasteiger partial charge in [-0.1, -0.05) is 134 Å². The predicted octanol–water partition coefficient (Wildman–Crippen LogP) is 11.8. The molecule has 234 valence electrons. The fourth-order valence-electron chi connectivity index (χ4n) is 5.34. The van der Waals surface area contributed by atoms with E-state index in [1.54, 1.807) is 0 Å². The molecule has 0 aliphatic rings. The van der Waals surface area contributed by atoms with Crippen LogP contribution in [0.4, 0.5) is 0 Å². The first kappa shape index (κ1) is 38.4. The Morgan fingerprint density at radius 1 is 0.475 bits per heavy atom. The highest BCUT2D eigenvalue weighted by atomic mass is 16.4. The minimum Gasteiger partial charge on any atom is -0.481 e. The average Bonchev–Trinajstić information content (AvgIpc) is 2.93. The number of carbonyl (C=O) groups is 2. The van der Waals surface area contributed by atoms with Gasteiger partial charge in [0.25, 0.3) is 0 Å². The van der Waals surface area contributed by atoms with Gasteiger partial charge >= 0.3 is 11.9 Å². The van der Waals surface area contributed by atoms with Gasteiger partial charge in [0, 0.05) is 6.42 Å². The zero-order chi connectivity index (χ0) is 29.4. The lowest BCUT2D eigenvalue weighted by atomic mass is 9.94. The van der Waals surface area contributed by atoms with Crippen molar-refractivity contribution in [2.24, 2.45) is 5.92 Å². The molecule has 40 heavy (non-hydrogen) atoms. The van der Waals surface area contributed by atoms with Crippen molar-refractivity contribution in [3.05, 3.63) is 24.3 Å². The fraction of sp³-hybridized carbons (Fsp3) is 0.833. The monoisotopic (exact) mass is 562 g/mol. The maximum Gasteiger partial charge on any atom is 0.306 e. The van der Waals surface area contributed by atoms with E-state index in [4.69, 9.17) is 5.11 Å². The minimum absolute atomic E-state index is 0.146. The molecule has 0 saturated heterocycles. The highest BCUT2D eigenvalue weighted by molar-refractivity contribution is 5.69. The largest absolute Gasteiger partial charge is 0.481 e. The van der Waals surface area contributed by atoms with Gasteiger partial charge in [0.1, 0.15) is 0 Å². The zero-order valence-electron chi connectivity index (χ0n) is 26.4. The second kappa shape index (κ2) is 31.9. The van der Waals surface area contributed by atoms with Crippen LogP contribution >= 0.6 is 0 Å². The summed E-state index contributed by atoms with van der Waals surface area (Å²) < 4.78 is 0. The first-order chi connectivity index (χ1) is 19.6. The third-order valence-corrected chi connectivity index (χ3v) is 8.02. The highest BCUT2D eigenvalue weighted by Crippen LogP contribution is 2.20. The smallest absolute Gasteiger partial charge is 0.306 e. The molecule has 4 heteroatoms. The fourth-order valence-corrected chi connectivity index (χ4v) is 5.34. The van der Waals surface area contributed by atoms with Gasteiger partial charge < -0.3 is 10.2 Å². The van der Waals surface area contributed by atoms with Crippen LogP contribution in [0.5, 0.6) is 0 Å². The summed E-state index contributed by atoms with van der Waals surface area (Å²) in [5, 5.41) is 18.2. The van der Waals surface area contributed by atoms with Crippen LogP contribution in [0.25, 0.3) is 0 Å². The molecular formula is C36H66O4. The average molecular weight is 563 g/mol. The maximum absolute atomic E-state index is 11.6. The number of hydrogen-bond acceptors (Lipinski definition) is 2. The third-order valence-electron chi connectivity index (χ3n) is 8.02. The molecule has 1 unspecified atom stereocenters. The molecule has 0 amide bonds. The molecule has 0 fully saturated rings. The van der Waals surface area contributed by atoms with Crippen molar-refractivity contribution in [3.8, 4) is 0 Å². The number of carboxylic acid groups (broad SMARTS) is 2. The van der Waals surface area contributed by atoms with Crippen LogP contribution in [0.2, 0.25) is 0 Å². The summed E-state index contributed by atoms with van der Waals surface area (Å²) in [7, 11) is 0. The molecule has 0 aromatic carbocycles. The molecule has 4 nitrogen and oxygen atoms in total. The van der Waals surface area contributed by atoms with Gasteiger partial charge in [-0.25, -0.2) is 0 Å². The molecule has 0 heterocycles. The van der Waals surface area contributed by atoms with E-state index in [9.17, 15) is 14.7 Å². The SMILES string of the molecule is CCCCCCCCC=CCCCCCCC(CCCCCCCCC=CCCCCCCCC(=O)O)C(=O)O. The van der Waals surface area contributed by atoms with E-state index in [0.29, 0.717) is 6.42 Å². The lowest BCUT2D eigenvalue weighted by Gasteiger charge is -2.12. The van der Waals surface area contributed by atoms with Crippen molar-refractivity contribution >= 4 is 11.9 Å². The molecule has 0 aliphatic carbocycles. The van der Waals surface area contributed by atoms with E-state index in [1.807, 2.05) is 0 Å². The number of allylic oxidation sites excluding steroid dienone is 4. The van der Waals surface area contributed by atoms with Crippen molar-refractivity contribution in [1.29, 1.82) is 0 Å². The Morgan fingerprint density at radius 3 is 1.15 bits per heavy atom. The van der Waals surface area contributed by atoms with Gasteiger partial charge in [0.05, 0.1) is 5.92 Å². The molecule has 0 saturated carbocycles. The first-order valence-corrected chi connectivity index (χ1v) is 17.3. The molecule has 0 aromatic heterocycles. The maximum atomic E-state index is 11.6. The predicted molar refractivity (Wildman–Crippen MR) is 172 cm³/mol. The molecule has 0 rings (SSSR count). The summed E-state index contributed by atoms with van der Waals surface area (Å²) in [6, 6.07) is 0. The number of carboxylic acids is 2. The van der Waals surface area contributed by atoms with Crippen LogP contribution in [0, 0.1) is 5.92 Å². The standard InChI is InChI=1S/C36H66O4/c1-2-3-4-5-6-7-8-9-13-16-19-22-25-28-31-34(36(39)40)32-29-26-23-20-17-14-11-10-12-15-18-21-24-27-30-33-35(37)38/h9-10,12-13,34H,2-8,11,14-33H2,1H3,(H,37,38)(H,39,40). The van der Waals surface area contributed by atoms with Crippen molar-refractivity contribution in [3.63, 3.8) is 0 Å². The second-order valence-electron chi connectivity index (χ2n) is 11.9. The van der Waals surface area contributed by atoms with Gasteiger partial charge in [0.15, 0.2) is 0 Å². The van der Waals surface area contributed by atoms with Crippen LogP contribution in [0.3, 0.4) is 0 Å².